The molecule has 2 N–H and O–H groups in total. The monoisotopic (exact) mass is 316 g/mol. The van der Waals surface area contributed by atoms with Crippen molar-refractivity contribution >= 4 is 11.9 Å². The molecule has 2 saturated heterocycles. The SMILES string of the molecule is CC1CCN(C(N)=NCC2CCCN(c3ncccn3)C2)CC1. The van der Waals surface area contributed by atoms with Gasteiger partial charge in [-0.2, -0.15) is 0 Å². The molecule has 0 spiro atoms. The lowest BCUT2D eigenvalue weighted by molar-refractivity contribution is 0.277. The van der Waals surface area contributed by atoms with Crippen LogP contribution in [0.1, 0.15) is 32.6 Å². The Morgan fingerprint density at radius 1 is 1.22 bits per heavy atom. The Kier molecular flexibility index (Phi) is 5.31. The summed E-state index contributed by atoms with van der Waals surface area (Å²) in [7, 11) is 0. The van der Waals surface area contributed by atoms with Crippen LogP contribution in [0.3, 0.4) is 0 Å². The van der Waals surface area contributed by atoms with Crippen molar-refractivity contribution in [1.29, 1.82) is 0 Å². The molecule has 0 saturated carbocycles. The van der Waals surface area contributed by atoms with Gasteiger partial charge in [0, 0.05) is 45.1 Å². The van der Waals surface area contributed by atoms with Crippen LogP contribution >= 0.6 is 0 Å². The number of aliphatic imine (C=N–C) groups is 1. The van der Waals surface area contributed by atoms with Crippen molar-refractivity contribution < 1.29 is 0 Å². The van der Waals surface area contributed by atoms with E-state index in [9.17, 15) is 0 Å². The Morgan fingerprint density at radius 3 is 2.70 bits per heavy atom. The highest BCUT2D eigenvalue weighted by atomic mass is 15.3. The summed E-state index contributed by atoms with van der Waals surface area (Å²) in [6, 6.07) is 1.86. The van der Waals surface area contributed by atoms with Gasteiger partial charge in [0.1, 0.15) is 0 Å². The van der Waals surface area contributed by atoms with E-state index in [0.717, 1.165) is 50.5 Å². The first-order valence-electron chi connectivity index (χ1n) is 8.79. The normalized spacial score (nSPS) is 24.0. The smallest absolute Gasteiger partial charge is 0.225 e. The van der Waals surface area contributed by atoms with Crippen LogP contribution in [0.2, 0.25) is 0 Å². The lowest BCUT2D eigenvalue weighted by Crippen LogP contribution is -2.43. The van der Waals surface area contributed by atoms with Crippen LogP contribution in [0.5, 0.6) is 0 Å². The van der Waals surface area contributed by atoms with Crippen LogP contribution in [0.4, 0.5) is 5.95 Å². The number of rotatable bonds is 3. The van der Waals surface area contributed by atoms with Crippen molar-refractivity contribution in [3.8, 4) is 0 Å². The van der Waals surface area contributed by atoms with Crippen LogP contribution in [0.15, 0.2) is 23.5 Å². The molecule has 6 heteroatoms. The van der Waals surface area contributed by atoms with E-state index in [1.54, 1.807) is 12.4 Å². The second-order valence-electron chi connectivity index (χ2n) is 6.87. The van der Waals surface area contributed by atoms with Gasteiger partial charge in [0.2, 0.25) is 5.95 Å². The summed E-state index contributed by atoms with van der Waals surface area (Å²) >= 11 is 0. The zero-order valence-corrected chi connectivity index (χ0v) is 14.1. The minimum atomic E-state index is 0.537. The van der Waals surface area contributed by atoms with Gasteiger partial charge < -0.3 is 15.5 Å². The van der Waals surface area contributed by atoms with Crippen molar-refractivity contribution in [2.45, 2.75) is 32.6 Å². The van der Waals surface area contributed by atoms with Crippen molar-refractivity contribution in [2.75, 3.05) is 37.6 Å². The summed E-state index contributed by atoms with van der Waals surface area (Å²) in [5, 5.41) is 0. The van der Waals surface area contributed by atoms with Crippen molar-refractivity contribution in [3.05, 3.63) is 18.5 Å². The molecule has 1 aromatic heterocycles. The van der Waals surface area contributed by atoms with Gasteiger partial charge in [0.15, 0.2) is 5.96 Å². The van der Waals surface area contributed by atoms with Crippen LogP contribution in [-0.4, -0.2) is 53.6 Å². The maximum Gasteiger partial charge on any atom is 0.225 e. The van der Waals surface area contributed by atoms with Gasteiger partial charge in [0.25, 0.3) is 0 Å². The van der Waals surface area contributed by atoms with E-state index < -0.39 is 0 Å². The Labute approximate surface area is 138 Å². The van der Waals surface area contributed by atoms with E-state index in [-0.39, 0.29) is 0 Å². The van der Waals surface area contributed by atoms with Crippen LogP contribution < -0.4 is 10.6 Å². The molecule has 0 aliphatic carbocycles. The fraction of sp³-hybridized carbons (Fsp3) is 0.706. The summed E-state index contributed by atoms with van der Waals surface area (Å²) in [6.07, 6.45) is 8.42. The Balaban J connectivity index is 1.52. The molecule has 0 aromatic carbocycles. The molecule has 1 aromatic rings. The molecule has 2 fully saturated rings. The average molecular weight is 316 g/mol. The fourth-order valence-corrected chi connectivity index (χ4v) is 3.41. The highest BCUT2D eigenvalue weighted by Crippen LogP contribution is 2.20. The van der Waals surface area contributed by atoms with Crippen molar-refractivity contribution in [1.82, 2.24) is 14.9 Å². The summed E-state index contributed by atoms with van der Waals surface area (Å²) in [5.74, 6) is 2.91. The number of likely N-dealkylation sites (tertiary alicyclic amines) is 1. The third-order valence-electron chi connectivity index (χ3n) is 4.97. The number of nitrogens with zero attached hydrogens (tertiary/aromatic N) is 5. The Bertz CT molecular complexity index is 509. The molecule has 1 atom stereocenters. The number of hydrogen-bond donors (Lipinski definition) is 1. The summed E-state index contributed by atoms with van der Waals surface area (Å²) in [4.78, 5) is 17.9. The molecule has 2 aliphatic rings. The Morgan fingerprint density at radius 2 is 1.96 bits per heavy atom. The molecule has 1 unspecified atom stereocenters. The van der Waals surface area contributed by atoms with Gasteiger partial charge in [-0.15, -0.1) is 0 Å². The van der Waals surface area contributed by atoms with Gasteiger partial charge in [-0.1, -0.05) is 6.92 Å². The van der Waals surface area contributed by atoms with Crippen LogP contribution in [-0.2, 0) is 0 Å². The number of guanidine groups is 1. The topological polar surface area (TPSA) is 70.6 Å². The molecule has 126 valence electrons. The van der Waals surface area contributed by atoms with E-state index in [1.807, 2.05) is 6.07 Å². The maximum atomic E-state index is 6.19. The first kappa shape index (κ1) is 16.0. The zero-order chi connectivity index (χ0) is 16.1. The predicted octanol–water partition coefficient (Wildman–Crippen LogP) is 1.74. The number of hydrogen-bond acceptors (Lipinski definition) is 4. The molecule has 0 amide bonds. The lowest BCUT2D eigenvalue weighted by Gasteiger charge is -2.33. The van der Waals surface area contributed by atoms with E-state index in [2.05, 4.69) is 31.7 Å². The van der Waals surface area contributed by atoms with E-state index in [4.69, 9.17) is 5.73 Å². The minimum absolute atomic E-state index is 0.537. The third-order valence-corrected chi connectivity index (χ3v) is 4.97. The van der Waals surface area contributed by atoms with Gasteiger partial charge >= 0.3 is 0 Å². The number of anilines is 1. The highest BCUT2D eigenvalue weighted by molar-refractivity contribution is 5.78. The highest BCUT2D eigenvalue weighted by Gasteiger charge is 2.22. The first-order valence-corrected chi connectivity index (χ1v) is 8.79. The van der Waals surface area contributed by atoms with E-state index in [0.29, 0.717) is 5.92 Å². The predicted molar refractivity (Wildman–Crippen MR) is 93.4 cm³/mol. The average Bonchev–Trinajstić information content (AvgIpc) is 2.61. The molecule has 3 rings (SSSR count). The van der Waals surface area contributed by atoms with E-state index >= 15 is 0 Å². The standard InChI is InChI=1S/C17H28N6/c1-14-5-10-22(11-6-14)16(18)21-12-15-4-2-9-23(13-15)17-19-7-3-8-20-17/h3,7-8,14-15H,2,4-6,9-13H2,1H3,(H2,18,21). The quantitative estimate of drug-likeness (QED) is 0.679. The molecule has 23 heavy (non-hydrogen) atoms. The molecular weight excluding hydrogens is 288 g/mol. The third kappa shape index (κ3) is 4.33. The summed E-state index contributed by atoms with van der Waals surface area (Å²) in [5.41, 5.74) is 6.19. The molecule has 0 radical (unpaired) electrons. The van der Waals surface area contributed by atoms with E-state index in [1.165, 1.54) is 25.7 Å². The molecule has 2 aliphatic heterocycles. The molecule has 3 heterocycles. The van der Waals surface area contributed by atoms with Gasteiger partial charge in [-0.25, -0.2) is 9.97 Å². The number of nitrogens with two attached hydrogens (primary N) is 1. The molecular formula is C17H28N6. The molecule has 6 nitrogen and oxygen atoms in total. The minimum Gasteiger partial charge on any atom is -0.370 e. The first-order chi connectivity index (χ1) is 11.2. The number of piperidine rings is 2. The summed E-state index contributed by atoms with van der Waals surface area (Å²) < 4.78 is 0. The van der Waals surface area contributed by atoms with Gasteiger partial charge in [-0.05, 0) is 43.6 Å². The van der Waals surface area contributed by atoms with Crippen LogP contribution in [0.25, 0.3) is 0 Å². The second kappa shape index (κ2) is 7.62. The Hall–Kier alpha value is -1.85. The van der Waals surface area contributed by atoms with Crippen molar-refractivity contribution in [3.63, 3.8) is 0 Å². The fourth-order valence-electron chi connectivity index (χ4n) is 3.41. The maximum absolute atomic E-state index is 6.19. The van der Waals surface area contributed by atoms with Gasteiger partial charge in [-0.3, -0.25) is 4.99 Å². The van der Waals surface area contributed by atoms with Crippen LogP contribution in [0, 0.1) is 11.8 Å². The van der Waals surface area contributed by atoms with Crippen molar-refractivity contribution in [2.24, 2.45) is 22.6 Å². The molecule has 0 bridgehead atoms. The zero-order valence-electron chi connectivity index (χ0n) is 14.1. The largest absolute Gasteiger partial charge is 0.370 e. The van der Waals surface area contributed by atoms with Gasteiger partial charge in [0.05, 0.1) is 0 Å². The second-order valence-corrected chi connectivity index (χ2v) is 6.87. The number of aromatic nitrogens is 2. The lowest BCUT2D eigenvalue weighted by atomic mass is 9.98. The summed E-state index contributed by atoms with van der Waals surface area (Å²) in [6.45, 7) is 7.21.